The van der Waals surface area contributed by atoms with Gasteiger partial charge >= 0.3 is 5.69 Å². The Kier molecular flexibility index (Phi) is 7.67. The number of non-ortho nitro benzene ring substituents is 1. The number of nitro groups is 2. The maximum Gasteiger partial charge on any atom is 0.318 e. The average molecular weight is 541 g/mol. The minimum absolute atomic E-state index is 0.0412. The molecule has 1 heterocycles. The van der Waals surface area contributed by atoms with Crippen molar-refractivity contribution < 1.29 is 23.8 Å². The molecule has 3 aromatic carbocycles. The van der Waals surface area contributed by atoms with E-state index in [2.05, 4.69) is 5.32 Å². The summed E-state index contributed by atoms with van der Waals surface area (Å²) in [6.45, 7) is 3.63. The lowest BCUT2D eigenvalue weighted by atomic mass is 10.1. The lowest BCUT2D eigenvalue weighted by molar-refractivity contribution is -0.394. The first-order valence-corrected chi connectivity index (χ1v) is 11.7. The van der Waals surface area contributed by atoms with Crippen molar-refractivity contribution in [3.05, 3.63) is 121 Å². The molecule has 1 aromatic heterocycles. The first-order chi connectivity index (χ1) is 19.1. The number of hydrogen-bond donors (Lipinski definition) is 1. The Morgan fingerprint density at radius 3 is 2.35 bits per heavy atom. The van der Waals surface area contributed by atoms with Gasteiger partial charge in [0.25, 0.3) is 11.6 Å². The Hall–Kier alpha value is -5.83. The number of hydrogen-bond acceptors (Lipinski definition) is 7. The summed E-state index contributed by atoms with van der Waals surface area (Å²) in [7, 11) is 0. The molecule has 200 valence electrons. The van der Waals surface area contributed by atoms with Crippen LogP contribution >= 0.6 is 0 Å². The molecule has 0 radical (unpaired) electrons. The van der Waals surface area contributed by atoms with Gasteiger partial charge in [-0.25, -0.2) is 4.39 Å². The number of ether oxygens (including phenoxy) is 1. The van der Waals surface area contributed by atoms with E-state index in [1.165, 1.54) is 24.3 Å². The molecular formula is C28H20FN5O6. The highest BCUT2D eigenvalue weighted by Gasteiger charge is 2.21. The molecule has 4 aromatic rings. The molecule has 12 heteroatoms. The Bertz CT molecular complexity index is 1720. The zero-order valence-electron chi connectivity index (χ0n) is 21.1. The molecule has 1 amide bonds. The lowest BCUT2D eigenvalue weighted by Crippen LogP contribution is -2.14. The first kappa shape index (κ1) is 27.2. The van der Waals surface area contributed by atoms with Crippen LogP contribution in [0.3, 0.4) is 0 Å². The standard InChI is InChI=1S/C28H20FN5O6/c1-17-13-19(14-20(16-30)28(35)31-25-6-4-3-5-24(25)29)18(2)32(17)21-7-10-23(11-8-21)40-27-12-9-22(33(36)37)15-26(27)34(38)39/h3-15H,1-2H3,(H,31,35)/b20-14-. The second kappa shape index (κ2) is 11.3. The zero-order chi connectivity index (χ0) is 29.0. The van der Waals surface area contributed by atoms with Crippen LogP contribution in [0.15, 0.2) is 78.4 Å². The largest absolute Gasteiger partial charge is 0.450 e. The number of benzene rings is 3. The summed E-state index contributed by atoms with van der Waals surface area (Å²) in [5.41, 5.74) is 1.58. The molecule has 0 spiro atoms. The third-order valence-electron chi connectivity index (χ3n) is 5.93. The van der Waals surface area contributed by atoms with Crippen LogP contribution in [0, 0.1) is 51.2 Å². The highest BCUT2D eigenvalue weighted by atomic mass is 19.1. The number of rotatable bonds is 8. The Labute approximate surface area is 226 Å². The summed E-state index contributed by atoms with van der Waals surface area (Å²) < 4.78 is 21.4. The number of aryl methyl sites for hydroxylation is 1. The summed E-state index contributed by atoms with van der Waals surface area (Å²) in [5, 5.41) is 34.3. The van der Waals surface area contributed by atoms with Crippen LogP contribution in [-0.4, -0.2) is 20.3 Å². The van der Waals surface area contributed by atoms with Crippen LogP contribution in [0.4, 0.5) is 21.5 Å². The van der Waals surface area contributed by atoms with Crippen molar-refractivity contribution in [3.8, 4) is 23.3 Å². The van der Waals surface area contributed by atoms with E-state index in [0.717, 1.165) is 23.9 Å². The maximum atomic E-state index is 13.9. The maximum absolute atomic E-state index is 13.9. The molecule has 0 bridgehead atoms. The van der Waals surface area contributed by atoms with Crippen LogP contribution in [0.2, 0.25) is 0 Å². The number of nitriles is 1. The quantitative estimate of drug-likeness (QED) is 0.117. The zero-order valence-corrected chi connectivity index (χ0v) is 21.1. The first-order valence-electron chi connectivity index (χ1n) is 11.7. The summed E-state index contributed by atoms with van der Waals surface area (Å²) in [6, 6.07) is 19.0. The number of nitrogens with zero attached hydrogens (tertiary/aromatic N) is 4. The summed E-state index contributed by atoms with van der Waals surface area (Å²) in [4.78, 5) is 33.5. The van der Waals surface area contributed by atoms with Crippen LogP contribution in [0.25, 0.3) is 11.8 Å². The highest BCUT2D eigenvalue weighted by molar-refractivity contribution is 6.09. The van der Waals surface area contributed by atoms with Gasteiger partial charge in [0, 0.05) is 23.1 Å². The molecule has 0 atom stereocenters. The second-order valence-electron chi connectivity index (χ2n) is 8.53. The van der Waals surface area contributed by atoms with E-state index in [-0.39, 0.29) is 22.8 Å². The number of para-hydroxylation sites is 1. The average Bonchev–Trinajstić information content (AvgIpc) is 3.21. The normalized spacial score (nSPS) is 11.0. The number of aromatic nitrogens is 1. The Morgan fingerprint density at radius 2 is 1.73 bits per heavy atom. The smallest absolute Gasteiger partial charge is 0.318 e. The molecule has 0 saturated carbocycles. The van der Waals surface area contributed by atoms with Gasteiger partial charge in [-0.3, -0.25) is 25.0 Å². The lowest BCUT2D eigenvalue weighted by Gasteiger charge is -2.11. The molecule has 0 unspecified atom stereocenters. The van der Waals surface area contributed by atoms with Crippen LogP contribution in [0.1, 0.15) is 17.0 Å². The number of nitro benzene ring substituents is 2. The van der Waals surface area contributed by atoms with E-state index >= 15 is 0 Å². The van der Waals surface area contributed by atoms with Crippen LogP contribution in [-0.2, 0) is 4.79 Å². The molecule has 0 aliphatic rings. The molecular weight excluding hydrogens is 521 g/mol. The SMILES string of the molecule is Cc1cc(/C=C(/C#N)C(=O)Nc2ccccc2F)c(C)n1-c1ccc(Oc2ccc([N+](=O)[O-])cc2[N+](=O)[O-])cc1. The molecule has 1 N–H and O–H groups in total. The van der Waals surface area contributed by atoms with Crippen molar-refractivity contribution in [3.63, 3.8) is 0 Å². The number of amides is 1. The molecule has 0 aliphatic heterocycles. The summed E-state index contributed by atoms with van der Waals surface area (Å²) in [6.07, 6.45) is 1.42. The Morgan fingerprint density at radius 1 is 1.02 bits per heavy atom. The van der Waals surface area contributed by atoms with Gasteiger partial charge in [0.05, 0.1) is 21.6 Å². The number of nitrogens with one attached hydrogen (secondary N) is 1. The van der Waals surface area contributed by atoms with Crippen molar-refractivity contribution in [2.75, 3.05) is 5.32 Å². The summed E-state index contributed by atoms with van der Waals surface area (Å²) in [5.74, 6) is -1.26. The number of carbonyl (C=O) groups excluding carboxylic acids is 1. The van der Waals surface area contributed by atoms with Gasteiger partial charge in [-0.05, 0) is 74.0 Å². The van der Waals surface area contributed by atoms with Gasteiger partial charge in [-0.1, -0.05) is 12.1 Å². The van der Waals surface area contributed by atoms with Crippen LogP contribution < -0.4 is 10.1 Å². The van der Waals surface area contributed by atoms with Crippen molar-refractivity contribution in [1.29, 1.82) is 5.26 Å². The van der Waals surface area contributed by atoms with Crippen molar-refractivity contribution in [1.82, 2.24) is 4.57 Å². The van der Waals surface area contributed by atoms with E-state index in [9.17, 15) is 34.7 Å². The van der Waals surface area contributed by atoms with Gasteiger partial charge in [-0.15, -0.1) is 0 Å². The topological polar surface area (TPSA) is 153 Å². The van der Waals surface area contributed by atoms with Gasteiger partial charge in [0.2, 0.25) is 5.75 Å². The highest BCUT2D eigenvalue weighted by Crippen LogP contribution is 2.35. The monoisotopic (exact) mass is 541 g/mol. The second-order valence-corrected chi connectivity index (χ2v) is 8.53. The molecule has 40 heavy (non-hydrogen) atoms. The fourth-order valence-corrected chi connectivity index (χ4v) is 4.03. The summed E-state index contributed by atoms with van der Waals surface area (Å²) >= 11 is 0. The third kappa shape index (κ3) is 5.68. The third-order valence-corrected chi connectivity index (χ3v) is 5.93. The number of halogens is 1. The number of anilines is 1. The van der Waals surface area contributed by atoms with Crippen molar-refractivity contribution in [2.24, 2.45) is 0 Å². The predicted molar refractivity (Wildman–Crippen MR) is 144 cm³/mol. The van der Waals surface area contributed by atoms with E-state index in [0.29, 0.717) is 16.9 Å². The van der Waals surface area contributed by atoms with Gasteiger partial charge in [0.1, 0.15) is 23.2 Å². The van der Waals surface area contributed by atoms with Gasteiger partial charge in [-0.2, -0.15) is 5.26 Å². The molecule has 0 aliphatic carbocycles. The van der Waals surface area contributed by atoms with E-state index in [4.69, 9.17) is 4.74 Å². The van der Waals surface area contributed by atoms with E-state index in [1.54, 1.807) is 43.3 Å². The van der Waals surface area contributed by atoms with Gasteiger partial charge in [0.15, 0.2) is 0 Å². The minimum Gasteiger partial charge on any atom is -0.450 e. The minimum atomic E-state index is -0.760. The molecule has 0 saturated heterocycles. The van der Waals surface area contributed by atoms with Crippen molar-refractivity contribution >= 4 is 29.0 Å². The van der Waals surface area contributed by atoms with E-state index < -0.39 is 32.9 Å². The van der Waals surface area contributed by atoms with Crippen molar-refractivity contribution in [2.45, 2.75) is 13.8 Å². The fourth-order valence-electron chi connectivity index (χ4n) is 4.03. The van der Waals surface area contributed by atoms with E-state index in [1.807, 2.05) is 17.6 Å². The fraction of sp³-hybridized carbons (Fsp3) is 0.0714. The van der Waals surface area contributed by atoms with Crippen LogP contribution in [0.5, 0.6) is 11.5 Å². The molecule has 4 rings (SSSR count). The van der Waals surface area contributed by atoms with Gasteiger partial charge < -0.3 is 14.6 Å². The predicted octanol–water partition coefficient (Wildman–Crippen LogP) is 6.39. The molecule has 11 nitrogen and oxygen atoms in total. The number of carbonyl (C=O) groups is 1. The molecule has 0 fully saturated rings. The Balaban J connectivity index is 1.58.